The van der Waals surface area contributed by atoms with E-state index >= 15 is 0 Å². The number of carbonyl (C=O) groups excluding carboxylic acids is 1. The molecule has 3 rings (SSSR count). The maximum absolute atomic E-state index is 12.8. The second kappa shape index (κ2) is 7.25. The molecule has 2 aromatic carbocycles. The fourth-order valence-electron chi connectivity index (χ4n) is 2.99. The second-order valence-electron chi connectivity index (χ2n) is 5.73. The first-order chi connectivity index (χ1) is 11.7. The van der Waals surface area contributed by atoms with Crippen molar-refractivity contribution in [3.05, 3.63) is 48.0 Å². The highest BCUT2D eigenvalue weighted by atomic mass is 16.5. The number of benzene rings is 2. The zero-order valence-corrected chi connectivity index (χ0v) is 14.0. The number of para-hydroxylation sites is 2. The third-order valence-electron chi connectivity index (χ3n) is 4.25. The van der Waals surface area contributed by atoms with Gasteiger partial charge >= 0.3 is 0 Å². The van der Waals surface area contributed by atoms with Gasteiger partial charge in [-0.1, -0.05) is 12.1 Å². The van der Waals surface area contributed by atoms with E-state index in [0.717, 1.165) is 24.5 Å². The molecule has 1 heterocycles. The van der Waals surface area contributed by atoms with Crippen LogP contribution in [0, 0.1) is 0 Å². The van der Waals surface area contributed by atoms with Gasteiger partial charge in [0.25, 0.3) is 5.91 Å². The summed E-state index contributed by atoms with van der Waals surface area (Å²) in [5.41, 5.74) is 2.33. The fraction of sp³-hybridized carbons (Fsp3) is 0.316. The number of amides is 1. The molecule has 0 aromatic heterocycles. The monoisotopic (exact) mass is 326 g/mol. The average molecular weight is 326 g/mol. The molecule has 1 aliphatic heterocycles. The lowest BCUT2D eigenvalue weighted by molar-refractivity contribution is 0.102. The summed E-state index contributed by atoms with van der Waals surface area (Å²) in [6.07, 6.45) is 2.37. The van der Waals surface area contributed by atoms with Gasteiger partial charge in [0, 0.05) is 13.1 Å². The summed E-state index contributed by atoms with van der Waals surface area (Å²) in [6.45, 7) is 2.05. The van der Waals surface area contributed by atoms with E-state index < -0.39 is 0 Å². The molecule has 126 valence electrons. The summed E-state index contributed by atoms with van der Waals surface area (Å²) in [6, 6.07) is 13.1. The van der Waals surface area contributed by atoms with E-state index in [2.05, 4.69) is 10.2 Å². The van der Waals surface area contributed by atoms with E-state index in [1.807, 2.05) is 24.3 Å². The van der Waals surface area contributed by atoms with Crippen LogP contribution >= 0.6 is 0 Å². The van der Waals surface area contributed by atoms with Gasteiger partial charge in [-0.05, 0) is 43.2 Å². The Labute approximate surface area is 142 Å². The predicted molar refractivity (Wildman–Crippen MR) is 95.4 cm³/mol. The van der Waals surface area contributed by atoms with Crippen LogP contribution in [0.15, 0.2) is 42.5 Å². The van der Waals surface area contributed by atoms with Crippen molar-refractivity contribution in [2.75, 3.05) is 37.5 Å². The van der Waals surface area contributed by atoms with Gasteiger partial charge in [-0.15, -0.1) is 0 Å². The molecule has 1 aliphatic rings. The van der Waals surface area contributed by atoms with Gasteiger partial charge in [0.15, 0.2) is 0 Å². The van der Waals surface area contributed by atoms with Crippen LogP contribution in [0.4, 0.5) is 11.4 Å². The Morgan fingerprint density at radius 2 is 1.79 bits per heavy atom. The molecule has 5 nitrogen and oxygen atoms in total. The summed E-state index contributed by atoms with van der Waals surface area (Å²) < 4.78 is 10.5. The van der Waals surface area contributed by atoms with Gasteiger partial charge in [-0.3, -0.25) is 4.79 Å². The van der Waals surface area contributed by atoms with Gasteiger partial charge in [-0.25, -0.2) is 0 Å². The van der Waals surface area contributed by atoms with Gasteiger partial charge in [0.1, 0.15) is 11.5 Å². The smallest absolute Gasteiger partial charge is 0.259 e. The van der Waals surface area contributed by atoms with Crippen molar-refractivity contribution in [2.45, 2.75) is 12.8 Å². The van der Waals surface area contributed by atoms with Crippen LogP contribution in [-0.2, 0) is 0 Å². The van der Waals surface area contributed by atoms with Crippen molar-refractivity contribution in [1.82, 2.24) is 0 Å². The number of carbonyl (C=O) groups is 1. The molecular formula is C19H22N2O3. The van der Waals surface area contributed by atoms with Crippen LogP contribution in [0.25, 0.3) is 0 Å². The standard InChI is InChI=1S/C19H22N2O3/c1-23-14-9-10-18(24-2)15(13-14)19(22)20-16-7-3-4-8-17(16)21-11-5-6-12-21/h3-4,7-10,13H,5-6,11-12H2,1-2H3,(H,20,22). The molecule has 0 atom stereocenters. The minimum atomic E-state index is -0.211. The van der Waals surface area contributed by atoms with E-state index in [9.17, 15) is 4.79 Å². The number of ether oxygens (including phenoxy) is 2. The average Bonchev–Trinajstić information content (AvgIpc) is 3.16. The number of nitrogens with one attached hydrogen (secondary N) is 1. The van der Waals surface area contributed by atoms with Gasteiger partial charge < -0.3 is 19.7 Å². The first kappa shape index (κ1) is 16.2. The van der Waals surface area contributed by atoms with Crippen molar-refractivity contribution in [3.63, 3.8) is 0 Å². The normalized spacial score (nSPS) is 13.7. The van der Waals surface area contributed by atoms with E-state index in [0.29, 0.717) is 17.1 Å². The summed E-state index contributed by atoms with van der Waals surface area (Å²) >= 11 is 0. The molecule has 0 radical (unpaired) electrons. The minimum absolute atomic E-state index is 0.211. The maximum atomic E-state index is 12.8. The zero-order chi connectivity index (χ0) is 16.9. The summed E-state index contributed by atoms with van der Waals surface area (Å²) in [7, 11) is 3.13. The van der Waals surface area contributed by atoms with Crippen LogP contribution in [0.5, 0.6) is 11.5 Å². The highest BCUT2D eigenvalue weighted by Crippen LogP contribution is 2.30. The Morgan fingerprint density at radius 3 is 2.50 bits per heavy atom. The molecule has 1 saturated heterocycles. The summed E-state index contributed by atoms with van der Waals surface area (Å²) in [4.78, 5) is 15.1. The number of rotatable bonds is 5. The molecule has 0 spiro atoms. The van der Waals surface area contributed by atoms with Crippen molar-refractivity contribution in [1.29, 1.82) is 0 Å². The highest BCUT2D eigenvalue weighted by molar-refractivity contribution is 6.08. The number of anilines is 2. The molecule has 5 heteroatoms. The molecule has 0 unspecified atom stereocenters. The van der Waals surface area contributed by atoms with Crippen molar-refractivity contribution in [2.24, 2.45) is 0 Å². The summed E-state index contributed by atoms with van der Waals surface area (Å²) in [5.74, 6) is 0.929. The molecular weight excluding hydrogens is 304 g/mol. The number of nitrogens with zero attached hydrogens (tertiary/aromatic N) is 1. The number of hydrogen-bond donors (Lipinski definition) is 1. The van der Waals surface area contributed by atoms with Crippen LogP contribution in [0.1, 0.15) is 23.2 Å². The van der Waals surface area contributed by atoms with Crippen LogP contribution in [0.3, 0.4) is 0 Å². The number of hydrogen-bond acceptors (Lipinski definition) is 4. The van der Waals surface area contributed by atoms with Crippen molar-refractivity contribution in [3.8, 4) is 11.5 Å². The molecule has 0 aliphatic carbocycles. The highest BCUT2D eigenvalue weighted by Gasteiger charge is 2.19. The third-order valence-corrected chi connectivity index (χ3v) is 4.25. The minimum Gasteiger partial charge on any atom is -0.497 e. The van der Waals surface area contributed by atoms with Crippen LogP contribution in [0.2, 0.25) is 0 Å². The fourth-order valence-corrected chi connectivity index (χ4v) is 2.99. The first-order valence-corrected chi connectivity index (χ1v) is 8.10. The summed E-state index contributed by atoms with van der Waals surface area (Å²) in [5, 5.41) is 3.01. The molecule has 24 heavy (non-hydrogen) atoms. The Morgan fingerprint density at radius 1 is 1.04 bits per heavy atom. The molecule has 2 aromatic rings. The zero-order valence-electron chi connectivity index (χ0n) is 14.0. The molecule has 1 N–H and O–H groups in total. The Kier molecular flexibility index (Phi) is 4.89. The lowest BCUT2D eigenvalue weighted by Crippen LogP contribution is -2.21. The quantitative estimate of drug-likeness (QED) is 0.913. The molecule has 1 amide bonds. The van der Waals surface area contributed by atoms with E-state index in [1.165, 1.54) is 12.8 Å². The van der Waals surface area contributed by atoms with Gasteiger partial charge in [0.05, 0.1) is 31.2 Å². The SMILES string of the molecule is COc1ccc(OC)c(C(=O)Nc2ccccc2N2CCCC2)c1. The third kappa shape index (κ3) is 3.30. The lowest BCUT2D eigenvalue weighted by atomic mass is 10.1. The van der Waals surface area contributed by atoms with E-state index in [4.69, 9.17) is 9.47 Å². The van der Waals surface area contributed by atoms with Crippen molar-refractivity contribution < 1.29 is 14.3 Å². The largest absolute Gasteiger partial charge is 0.497 e. The van der Waals surface area contributed by atoms with Gasteiger partial charge in [-0.2, -0.15) is 0 Å². The van der Waals surface area contributed by atoms with Gasteiger partial charge in [0.2, 0.25) is 0 Å². The maximum Gasteiger partial charge on any atom is 0.259 e. The van der Waals surface area contributed by atoms with E-state index in [-0.39, 0.29) is 5.91 Å². The van der Waals surface area contributed by atoms with Crippen LogP contribution in [-0.4, -0.2) is 33.2 Å². The van der Waals surface area contributed by atoms with E-state index in [1.54, 1.807) is 32.4 Å². The van der Waals surface area contributed by atoms with Crippen LogP contribution < -0.4 is 19.7 Å². The molecule has 1 fully saturated rings. The number of methoxy groups -OCH3 is 2. The lowest BCUT2D eigenvalue weighted by Gasteiger charge is -2.21. The Bertz CT molecular complexity index is 724. The second-order valence-corrected chi connectivity index (χ2v) is 5.73. The molecule has 0 saturated carbocycles. The Balaban J connectivity index is 1.88. The Hall–Kier alpha value is -2.69. The predicted octanol–water partition coefficient (Wildman–Crippen LogP) is 3.56. The topological polar surface area (TPSA) is 50.8 Å². The molecule has 0 bridgehead atoms. The first-order valence-electron chi connectivity index (χ1n) is 8.10. The van der Waals surface area contributed by atoms with Crippen molar-refractivity contribution >= 4 is 17.3 Å².